The van der Waals surface area contributed by atoms with Crippen LogP contribution in [0.4, 0.5) is 0 Å². The highest BCUT2D eigenvalue weighted by Crippen LogP contribution is 2.29. The second-order valence-corrected chi connectivity index (χ2v) is 8.93. The molecule has 1 aliphatic carbocycles. The zero-order valence-corrected chi connectivity index (χ0v) is 16.1. The maximum absolute atomic E-state index is 12.8. The van der Waals surface area contributed by atoms with Crippen LogP contribution in [0.2, 0.25) is 5.02 Å². The Hall–Kier alpha value is -1.89. The first kappa shape index (κ1) is 18.9. The number of rotatable bonds is 7. The first-order valence-corrected chi connectivity index (χ1v) is 10.2. The third kappa shape index (κ3) is 4.44. The summed E-state index contributed by atoms with van der Waals surface area (Å²) >= 11 is 5.82. The summed E-state index contributed by atoms with van der Waals surface area (Å²) in [5.74, 6) is -0.184. The molecule has 0 atom stereocenters. The minimum Gasteiger partial charge on any atom is -0.334 e. The van der Waals surface area contributed by atoms with E-state index in [-0.39, 0.29) is 23.4 Å². The smallest absolute Gasteiger partial charge is 0.243 e. The molecule has 1 fully saturated rings. The Bertz CT molecular complexity index is 865. The third-order valence-corrected chi connectivity index (χ3v) is 6.45. The van der Waals surface area contributed by atoms with Gasteiger partial charge in [-0.1, -0.05) is 41.9 Å². The maximum Gasteiger partial charge on any atom is 0.243 e. The molecule has 0 aliphatic heterocycles. The number of nitrogens with zero attached hydrogens (tertiary/aromatic N) is 2. The largest absolute Gasteiger partial charge is 0.334 e. The summed E-state index contributed by atoms with van der Waals surface area (Å²) in [7, 11) is -2.31. The van der Waals surface area contributed by atoms with E-state index in [4.69, 9.17) is 11.6 Å². The van der Waals surface area contributed by atoms with Crippen LogP contribution in [-0.2, 0) is 21.4 Å². The van der Waals surface area contributed by atoms with Crippen molar-refractivity contribution in [2.75, 3.05) is 13.6 Å². The Labute approximate surface area is 159 Å². The SMILES string of the molecule is CN(CC(=O)N(Cc1ccccc1)C1CC1)S(=O)(=O)c1ccc(Cl)cc1. The van der Waals surface area contributed by atoms with Gasteiger partial charge in [0.25, 0.3) is 0 Å². The molecule has 0 radical (unpaired) electrons. The number of sulfonamides is 1. The molecule has 0 heterocycles. The van der Waals surface area contributed by atoms with Crippen LogP contribution in [0.1, 0.15) is 18.4 Å². The highest BCUT2D eigenvalue weighted by Gasteiger charge is 2.34. The van der Waals surface area contributed by atoms with Gasteiger partial charge in [-0.15, -0.1) is 0 Å². The lowest BCUT2D eigenvalue weighted by atomic mass is 10.2. The van der Waals surface area contributed by atoms with Gasteiger partial charge in [-0.25, -0.2) is 8.42 Å². The molecule has 2 aromatic rings. The van der Waals surface area contributed by atoms with Gasteiger partial charge in [-0.05, 0) is 42.7 Å². The summed E-state index contributed by atoms with van der Waals surface area (Å²) in [5, 5.41) is 0.463. The molecule has 7 heteroatoms. The number of benzene rings is 2. The molecule has 0 N–H and O–H groups in total. The van der Waals surface area contributed by atoms with Gasteiger partial charge >= 0.3 is 0 Å². The minimum atomic E-state index is -3.74. The number of carbonyl (C=O) groups is 1. The van der Waals surface area contributed by atoms with E-state index >= 15 is 0 Å². The maximum atomic E-state index is 12.8. The first-order chi connectivity index (χ1) is 12.4. The summed E-state index contributed by atoms with van der Waals surface area (Å²) in [4.78, 5) is 14.7. The summed E-state index contributed by atoms with van der Waals surface area (Å²) in [6, 6.07) is 15.9. The normalized spacial score (nSPS) is 14.4. The van der Waals surface area contributed by atoms with Crippen LogP contribution in [0.3, 0.4) is 0 Å². The summed E-state index contributed by atoms with van der Waals surface area (Å²) in [5.41, 5.74) is 1.04. The summed E-state index contributed by atoms with van der Waals surface area (Å²) < 4.78 is 26.4. The molecule has 1 amide bonds. The van der Waals surface area contributed by atoms with Crippen molar-refractivity contribution in [3.05, 3.63) is 65.2 Å². The molecule has 0 unspecified atom stereocenters. The molecule has 0 bridgehead atoms. The Morgan fingerprint density at radius 3 is 2.27 bits per heavy atom. The standard InChI is InChI=1S/C19H21ClN2O3S/c1-21(26(24,25)18-11-7-16(20)8-12-18)14-19(23)22(17-9-10-17)13-15-5-3-2-4-6-15/h2-8,11-12,17H,9-10,13-14H2,1H3. The molecule has 138 valence electrons. The van der Waals surface area contributed by atoms with Gasteiger partial charge in [-0.3, -0.25) is 4.79 Å². The number of carbonyl (C=O) groups excluding carboxylic acids is 1. The molecule has 0 aromatic heterocycles. The lowest BCUT2D eigenvalue weighted by Crippen LogP contribution is -2.41. The van der Waals surface area contributed by atoms with Crippen LogP contribution >= 0.6 is 11.6 Å². The Morgan fingerprint density at radius 1 is 1.08 bits per heavy atom. The van der Waals surface area contributed by atoms with Crippen molar-refractivity contribution >= 4 is 27.5 Å². The van der Waals surface area contributed by atoms with Crippen molar-refractivity contribution < 1.29 is 13.2 Å². The highest BCUT2D eigenvalue weighted by molar-refractivity contribution is 7.89. The van der Waals surface area contributed by atoms with Gasteiger partial charge in [0, 0.05) is 24.7 Å². The number of hydrogen-bond donors (Lipinski definition) is 0. The average Bonchev–Trinajstić information content (AvgIpc) is 3.45. The quantitative estimate of drug-likeness (QED) is 0.727. The van der Waals surface area contributed by atoms with E-state index in [2.05, 4.69) is 0 Å². The van der Waals surface area contributed by atoms with Gasteiger partial charge in [0.15, 0.2) is 0 Å². The van der Waals surface area contributed by atoms with Gasteiger partial charge in [0.1, 0.15) is 0 Å². The number of amides is 1. The van der Waals surface area contributed by atoms with E-state index in [0.29, 0.717) is 11.6 Å². The molecule has 3 rings (SSSR count). The topological polar surface area (TPSA) is 57.7 Å². The van der Waals surface area contributed by atoms with Crippen molar-refractivity contribution in [1.29, 1.82) is 0 Å². The molecule has 1 aliphatic rings. The molecular formula is C19H21ClN2O3S. The van der Waals surface area contributed by atoms with Crippen LogP contribution in [0.15, 0.2) is 59.5 Å². The van der Waals surface area contributed by atoms with Gasteiger partial charge in [0.05, 0.1) is 11.4 Å². The summed E-state index contributed by atoms with van der Waals surface area (Å²) in [6.45, 7) is 0.313. The second kappa shape index (κ2) is 7.78. The van der Waals surface area contributed by atoms with E-state index in [1.54, 1.807) is 4.90 Å². The Morgan fingerprint density at radius 2 is 1.69 bits per heavy atom. The van der Waals surface area contributed by atoms with E-state index in [9.17, 15) is 13.2 Å². The number of halogens is 1. The van der Waals surface area contributed by atoms with Crippen molar-refractivity contribution in [3.63, 3.8) is 0 Å². The zero-order chi connectivity index (χ0) is 18.7. The van der Waals surface area contributed by atoms with Crippen molar-refractivity contribution in [2.24, 2.45) is 0 Å². The second-order valence-electron chi connectivity index (χ2n) is 6.45. The molecule has 0 spiro atoms. The Balaban J connectivity index is 1.71. The van der Waals surface area contributed by atoms with E-state index < -0.39 is 10.0 Å². The fourth-order valence-electron chi connectivity index (χ4n) is 2.74. The fourth-order valence-corrected chi connectivity index (χ4v) is 3.99. The molecule has 1 saturated carbocycles. The molecule has 2 aromatic carbocycles. The van der Waals surface area contributed by atoms with Gasteiger partial charge in [-0.2, -0.15) is 4.31 Å². The van der Waals surface area contributed by atoms with E-state index in [0.717, 1.165) is 22.7 Å². The molecule has 5 nitrogen and oxygen atoms in total. The van der Waals surface area contributed by atoms with Gasteiger partial charge in [0.2, 0.25) is 15.9 Å². The third-order valence-electron chi connectivity index (χ3n) is 4.38. The van der Waals surface area contributed by atoms with Crippen LogP contribution in [0, 0.1) is 0 Å². The van der Waals surface area contributed by atoms with Crippen LogP contribution in [0.25, 0.3) is 0 Å². The van der Waals surface area contributed by atoms with Crippen molar-refractivity contribution in [3.8, 4) is 0 Å². The summed E-state index contributed by atoms with van der Waals surface area (Å²) in [6.07, 6.45) is 1.93. The fraction of sp³-hybridized carbons (Fsp3) is 0.316. The molecule has 26 heavy (non-hydrogen) atoms. The predicted octanol–water partition coefficient (Wildman–Crippen LogP) is 3.15. The zero-order valence-electron chi connectivity index (χ0n) is 14.5. The van der Waals surface area contributed by atoms with Crippen molar-refractivity contribution in [1.82, 2.24) is 9.21 Å². The monoisotopic (exact) mass is 392 g/mol. The lowest BCUT2D eigenvalue weighted by Gasteiger charge is -2.25. The van der Waals surface area contributed by atoms with Crippen molar-refractivity contribution in [2.45, 2.75) is 30.3 Å². The van der Waals surface area contributed by atoms with E-state index in [1.165, 1.54) is 31.3 Å². The van der Waals surface area contributed by atoms with E-state index in [1.807, 2.05) is 30.3 Å². The van der Waals surface area contributed by atoms with Crippen LogP contribution in [-0.4, -0.2) is 43.2 Å². The van der Waals surface area contributed by atoms with Crippen LogP contribution < -0.4 is 0 Å². The predicted molar refractivity (Wildman–Crippen MR) is 101 cm³/mol. The first-order valence-electron chi connectivity index (χ1n) is 8.43. The minimum absolute atomic E-state index is 0.123. The average molecular weight is 393 g/mol. The van der Waals surface area contributed by atoms with Crippen LogP contribution in [0.5, 0.6) is 0 Å². The lowest BCUT2D eigenvalue weighted by molar-refractivity contribution is -0.132. The highest BCUT2D eigenvalue weighted by atomic mass is 35.5. The van der Waals surface area contributed by atoms with Gasteiger partial charge < -0.3 is 4.90 Å². The number of hydrogen-bond acceptors (Lipinski definition) is 3. The molecule has 0 saturated heterocycles. The number of likely N-dealkylation sites (N-methyl/N-ethyl adjacent to an activating group) is 1. The molecular weight excluding hydrogens is 372 g/mol. The Kier molecular flexibility index (Phi) is 5.65.